The standard InChI is InChI=1S/C16H21N4O5P/c1-11-9-13(24-15(11)20-8-7-14(17)19-16(20)21)10-23-26(18,22)25-12-5-3-2-4-6-12/h2-8,11,13,15H,9-10H2,1H3,(H2,18,22)(H2,17,19,21)/t11-,13?,15?,26?/m0/s1. The molecule has 10 heteroatoms. The third-order valence-corrected chi connectivity index (χ3v) is 4.97. The quantitative estimate of drug-likeness (QED) is 0.727. The molecule has 3 unspecified atom stereocenters. The fourth-order valence-corrected chi connectivity index (χ4v) is 3.67. The van der Waals surface area contributed by atoms with Crippen LogP contribution < -0.4 is 21.5 Å². The van der Waals surface area contributed by atoms with Crippen LogP contribution in [-0.4, -0.2) is 22.3 Å². The molecule has 1 fully saturated rings. The normalized spacial score (nSPS) is 24.9. The summed E-state index contributed by atoms with van der Waals surface area (Å²) >= 11 is 0. The summed E-state index contributed by atoms with van der Waals surface area (Å²) in [5, 5.41) is 0. The van der Waals surface area contributed by atoms with Gasteiger partial charge < -0.3 is 15.0 Å². The van der Waals surface area contributed by atoms with Crippen LogP contribution in [0.3, 0.4) is 0 Å². The highest BCUT2D eigenvalue weighted by atomic mass is 31.2. The maximum absolute atomic E-state index is 12.3. The second-order valence-corrected chi connectivity index (χ2v) is 7.66. The Bertz CT molecular complexity index is 859. The van der Waals surface area contributed by atoms with Crippen molar-refractivity contribution in [2.45, 2.75) is 25.7 Å². The van der Waals surface area contributed by atoms with E-state index in [0.717, 1.165) is 0 Å². The van der Waals surface area contributed by atoms with Crippen molar-refractivity contribution in [3.8, 4) is 5.75 Å². The van der Waals surface area contributed by atoms with Gasteiger partial charge in [0.2, 0.25) is 0 Å². The SMILES string of the molecule is C[C@H]1CC(COP(N)(=O)Oc2ccccc2)OC1n1ccc(N)nc1=O. The Morgan fingerprint density at radius 2 is 2.08 bits per heavy atom. The van der Waals surface area contributed by atoms with E-state index in [0.29, 0.717) is 12.2 Å². The van der Waals surface area contributed by atoms with Gasteiger partial charge in [-0.2, -0.15) is 4.98 Å². The Balaban J connectivity index is 1.60. The van der Waals surface area contributed by atoms with Crippen LogP contribution in [0.4, 0.5) is 5.82 Å². The van der Waals surface area contributed by atoms with E-state index in [1.807, 2.05) is 6.92 Å². The maximum Gasteiger partial charge on any atom is 0.456 e. The molecule has 1 aliphatic rings. The summed E-state index contributed by atoms with van der Waals surface area (Å²) in [6, 6.07) is 10.1. The highest BCUT2D eigenvalue weighted by Gasteiger charge is 2.35. The zero-order valence-corrected chi connectivity index (χ0v) is 15.1. The van der Waals surface area contributed by atoms with Gasteiger partial charge in [-0.3, -0.25) is 9.09 Å². The molecule has 1 aromatic carbocycles. The Hall–Kier alpha value is -2.19. The number of benzene rings is 1. The molecule has 1 aliphatic heterocycles. The van der Waals surface area contributed by atoms with Gasteiger partial charge in [-0.05, 0) is 24.6 Å². The molecule has 0 amide bonds. The molecular formula is C16H21N4O5P. The summed E-state index contributed by atoms with van der Waals surface area (Å²) in [5.41, 5.74) is 10.6. The molecule has 9 nitrogen and oxygen atoms in total. The van der Waals surface area contributed by atoms with E-state index in [2.05, 4.69) is 4.98 Å². The molecule has 1 saturated heterocycles. The molecule has 0 radical (unpaired) electrons. The largest absolute Gasteiger partial charge is 0.456 e. The number of para-hydroxylation sites is 1. The molecule has 0 spiro atoms. The Kier molecular flexibility index (Phi) is 5.43. The number of nitrogens with two attached hydrogens (primary N) is 2. The van der Waals surface area contributed by atoms with Crippen molar-refractivity contribution in [2.24, 2.45) is 11.4 Å². The van der Waals surface area contributed by atoms with Crippen molar-refractivity contribution in [3.05, 3.63) is 53.1 Å². The molecule has 2 heterocycles. The number of hydrogen-bond donors (Lipinski definition) is 2. The number of anilines is 1. The number of nitrogen functional groups attached to an aromatic ring is 1. The van der Waals surface area contributed by atoms with E-state index in [1.54, 1.807) is 36.5 Å². The van der Waals surface area contributed by atoms with Crippen LogP contribution in [0.25, 0.3) is 0 Å². The van der Waals surface area contributed by atoms with E-state index in [1.165, 1.54) is 10.6 Å². The van der Waals surface area contributed by atoms with Gasteiger partial charge in [0, 0.05) is 12.1 Å². The van der Waals surface area contributed by atoms with Crippen LogP contribution in [-0.2, 0) is 13.8 Å². The zero-order valence-electron chi connectivity index (χ0n) is 14.2. The van der Waals surface area contributed by atoms with Crippen LogP contribution in [0.1, 0.15) is 19.6 Å². The fourth-order valence-electron chi connectivity index (χ4n) is 2.83. The Labute approximate surface area is 150 Å². The molecular weight excluding hydrogens is 359 g/mol. The summed E-state index contributed by atoms with van der Waals surface area (Å²) in [5.74, 6) is 0.536. The highest BCUT2D eigenvalue weighted by Crippen LogP contribution is 2.42. The lowest BCUT2D eigenvalue weighted by molar-refractivity contribution is -0.0305. The van der Waals surface area contributed by atoms with Crippen molar-refractivity contribution in [3.63, 3.8) is 0 Å². The van der Waals surface area contributed by atoms with Crippen molar-refractivity contribution >= 4 is 13.6 Å². The summed E-state index contributed by atoms with van der Waals surface area (Å²) in [6.07, 6.45) is 1.26. The minimum absolute atomic E-state index is 0.0153. The first kappa shape index (κ1) is 18.6. The van der Waals surface area contributed by atoms with Gasteiger partial charge >= 0.3 is 13.4 Å². The van der Waals surface area contributed by atoms with Crippen LogP contribution >= 0.6 is 7.75 Å². The Morgan fingerprint density at radius 1 is 1.35 bits per heavy atom. The third kappa shape index (κ3) is 4.50. The van der Waals surface area contributed by atoms with Gasteiger partial charge in [-0.25, -0.2) is 14.9 Å². The number of ether oxygens (including phenoxy) is 1. The van der Waals surface area contributed by atoms with E-state index >= 15 is 0 Å². The van der Waals surface area contributed by atoms with Crippen molar-refractivity contribution in [1.82, 2.24) is 9.55 Å². The first-order chi connectivity index (χ1) is 12.3. The fraction of sp³-hybridized carbons (Fsp3) is 0.375. The van der Waals surface area contributed by atoms with E-state index < -0.39 is 19.7 Å². The zero-order chi connectivity index (χ0) is 18.7. The van der Waals surface area contributed by atoms with Crippen molar-refractivity contribution in [1.29, 1.82) is 0 Å². The molecule has 140 valence electrons. The number of aromatic nitrogens is 2. The smallest absolute Gasteiger partial charge is 0.413 e. The summed E-state index contributed by atoms with van der Waals surface area (Å²) in [6.45, 7) is 1.93. The average molecular weight is 380 g/mol. The molecule has 4 N–H and O–H groups in total. The molecule has 0 saturated carbocycles. The van der Waals surface area contributed by atoms with Crippen LogP contribution in [0.5, 0.6) is 5.75 Å². The van der Waals surface area contributed by atoms with Gasteiger partial charge in [0.05, 0.1) is 12.7 Å². The van der Waals surface area contributed by atoms with Crippen LogP contribution in [0.15, 0.2) is 47.4 Å². The van der Waals surface area contributed by atoms with E-state index in [4.69, 9.17) is 25.0 Å². The third-order valence-electron chi connectivity index (χ3n) is 4.00. The minimum Gasteiger partial charge on any atom is -0.413 e. The predicted octanol–water partition coefficient (Wildman–Crippen LogP) is 1.91. The molecule has 1 aromatic heterocycles. The molecule has 0 bridgehead atoms. The lowest BCUT2D eigenvalue weighted by Gasteiger charge is -2.19. The summed E-state index contributed by atoms with van der Waals surface area (Å²) in [4.78, 5) is 15.7. The Morgan fingerprint density at radius 3 is 2.77 bits per heavy atom. The monoisotopic (exact) mass is 380 g/mol. The number of rotatable bonds is 6. The number of nitrogens with zero attached hydrogens (tertiary/aromatic N) is 2. The molecule has 3 rings (SSSR count). The van der Waals surface area contributed by atoms with E-state index in [9.17, 15) is 9.36 Å². The van der Waals surface area contributed by atoms with Gasteiger partial charge in [0.15, 0.2) is 0 Å². The van der Waals surface area contributed by atoms with Crippen LogP contribution in [0, 0.1) is 5.92 Å². The highest BCUT2D eigenvalue weighted by molar-refractivity contribution is 7.51. The lowest BCUT2D eigenvalue weighted by Crippen LogP contribution is -2.29. The van der Waals surface area contributed by atoms with Gasteiger partial charge in [0.25, 0.3) is 0 Å². The van der Waals surface area contributed by atoms with Gasteiger partial charge in [-0.1, -0.05) is 25.1 Å². The second kappa shape index (κ2) is 7.59. The van der Waals surface area contributed by atoms with Gasteiger partial charge in [-0.15, -0.1) is 0 Å². The summed E-state index contributed by atoms with van der Waals surface area (Å²) < 4.78 is 30.0. The first-order valence-electron chi connectivity index (χ1n) is 8.12. The minimum atomic E-state index is -3.77. The van der Waals surface area contributed by atoms with E-state index in [-0.39, 0.29) is 24.4 Å². The summed E-state index contributed by atoms with van der Waals surface area (Å²) in [7, 11) is -3.77. The van der Waals surface area contributed by atoms with Crippen molar-refractivity contribution < 1.29 is 18.3 Å². The molecule has 4 atom stereocenters. The number of hydrogen-bond acceptors (Lipinski definition) is 7. The molecule has 26 heavy (non-hydrogen) atoms. The average Bonchev–Trinajstić information content (AvgIpc) is 2.94. The first-order valence-corrected chi connectivity index (χ1v) is 9.73. The van der Waals surface area contributed by atoms with Gasteiger partial charge in [0.1, 0.15) is 17.8 Å². The second-order valence-electron chi connectivity index (χ2n) is 6.14. The molecule has 0 aliphatic carbocycles. The molecule has 2 aromatic rings. The maximum atomic E-state index is 12.3. The topological polar surface area (TPSA) is 132 Å². The predicted molar refractivity (Wildman–Crippen MR) is 95.4 cm³/mol. The van der Waals surface area contributed by atoms with Crippen molar-refractivity contribution in [2.75, 3.05) is 12.3 Å². The lowest BCUT2D eigenvalue weighted by atomic mass is 10.1. The van der Waals surface area contributed by atoms with Crippen LogP contribution in [0.2, 0.25) is 0 Å².